The number of nitrogen functional groups attached to an aromatic ring is 1. The Bertz CT molecular complexity index is 585. The van der Waals surface area contributed by atoms with E-state index in [1.807, 2.05) is 13.1 Å². The Hall–Kier alpha value is -1.48. The van der Waals surface area contributed by atoms with Crippen molar-refractivity contribution in [2.75, 3.05) is 5.73 Å². The Morgan fingerprint density at radius 2 is 1.82 bits per heavy atom. The van der Waals surface area contributed by atoms with E-state index in [0.717, 1.165) is 11.3 Å². The van der Waals surface area contributed by atoms with Crippen LogP contribution in [0.25, 0.3) is 11.3 Å². The van der Waals surface area contributed by atoms with E-state index in [1.165, 1.54) is 16.7 Å². The summed E-state index contributed by atoms with van der Waals surface area (Å²) in [4.78, 5) is 4.32. The molecular formula is C13H16ClN3. The smallest absolute Gasteiger partial charge is 0.201 e. The number of aryl methyl sites for hydroxylation is 1. The van der Waals surface area contributed by atoms with Crippen LogP contribution in [0.1, 0.15) is 16.7 Å². The molecule has 0 atom stereocenters. The highest BCUT2D eigenvalue weighted by molar-refractivity contribution is 6.32. The maximum atomic E-state index is 6.23. The molecule has 0 aliphatic heterocycles. The summed E-state index contributed by atoms with van der Waals surface area (Å²) in [7, 11) is 1.81. The van der Waals surface area contributed by atoms with Crippen molar-refractivity contribution < 1.29 is 0 Å². The van der Waals surface area contributed by atoms with E-state index in [-0.39, 0.29) is 0 Å². The van der Waals surface area contributed by atoms with Gasteiger partial charge in [0.05, 0.1) is 0 Å². The summed E-state index contributed by atoms with van der Waals surface area (Å²) in [6, 6.07) is 4.13. The first kappa shape index (κ1) is 12.0. The topological polar surface area (TPSA) is 43.8 Å². The number of rotatable bonds is 1. The highest BCUT2D eigenvalue weighted by Crippen LogP contribution is 2.32. The van der Waals surface area contributed by atoms with Crippen LogP contribution in [-0.2, 0) is 7.05 Å². The predicted molar refractivity (Wildman–Crippen MR) is 72.3 cm³/mol. The van der Waals surface area contributed by atoms with Crippen LogP contribution < -0.4 is 5.73 Å². The fraction of sp³-hybridized carbons (Fsp3) is 0.308. The van der Waals surface area contributed by atoms with Crippen molar-refractivity contribution in [2.24, 2.45) is 7.05 Å². The normalized spacial score (nSPS) is 10.9. The lowest BCUT2D eigenvalue weighted by molar-refractivity contribution is 0.931. The molecule has 0 aliphatic rings. The lowest BCUT2D eigenvalue weighted by atomic mass is 9.97. The number of nitrogens with zero attached hydrogens (tertiary/aromatic N) is 2. The largest absolute Gasteiger partial charge is 0.369 e. The third-order valence-electron chi connectivity index (χ3n) is 3.37. The lowest BCUT2D eigenvalue weighted by Crippen LogP contribution is -1.96. The molecule has 2 aromatic rings. The van der Waals surface area contributed by atoms with Gasteiger partial charge in [-0.1, -0.05) is 23.7 Å². The zero-order valence-corrected chi connectivity index (χ0v) is 11.3. The number of halogens is 1. The second-order valence-electron chi connectivity index (χ2n) is 4.35. The molecule has 2 N–H and O–H groups in total. The molecule has 1 aromatic heterocycles. The second kappa shape index (κ2) is 4.08. The number of hydrogen-bond acceptors (Lipinski definition) is 2. The summed E-state index contributed by atoms with van der Waals surface area (Å²) in [6.07, 6.45) is 0. The van der Waals surface area contributed by atoms with Crippen molar-refractivity contribution in [1.29, 1.82) is 0 Å². The van der Waals surface area contributed by atoms with Crippen molar-refractivity contribution in [2.45, 2.75) is 20.8 Å². The van der Waals surface area contributed by atoms with E-state index >= 15 is 0 Å². The van der Waals surface area contributed by atoms with E-state index in [1.54, 1.807) is 4.57 Å². The summed E-state index contributed by atoms with van der Waals surface area (Å²) in [6.45, 7) is 6.29. The molecule has 2 rings (SSSR count). The van der Waals surface area contributed by atoms with Crippen molar-refractivity contribution in [1.82, 2.24) is 9.55 Å². The van der Waals surface area contributed by atoms with Gasteiger partial charge in [-0.05, 0) is 37.5 Å². The number of hydrogen-bond donors (Lipinski definition) is 1. The minimum atomic E-state index is 0.433. The maximum absolute atomic E-state index is 6.23. The van der Waals surface area contributed by atoms with Gasteiger partial charge in [-0.15, -0.1) is 0 Å². The fourth-order valence-electron chi connectivity index (χ4n) is 1.88. The molecule has 17 heavy (non-hydrogen) atoms. The molecule has 3 nitrogen and oxygen atoms in total. The molecule has 0 spiro atoms. The van der Waals surface area contributed by atoms with Crippen LogP contribution >= 0.6 is 11.6 Å². The zero-order chi connectivity index (χ0) is 12.7. The zero-order valence-electron chi connectivity index (χ0n) is 10.5. The minimum Gasteiger partial charge on any atom is -0.369 e. The molecule has 0 saturated heterocycles. The molecule has 0 aliphatic carbocycles. The Balaban J connectivity index is 2.69. The highest BCUT2D eigenvalue weighted by Gasteiger charge is 2.15. The molecule has 0 unspecified atom stereocenters. The van der Waals surface area contributed by atoms with Gasteiger partial charge in [0, 0.05) is 12.6 Å². The minimum absolute atomic E-state index is 0.433. The summed E-state index contributed by atoms with van der Waals surface area (Å²) in [5.41, 5.74) is 11.3. The monoisotopic (exact) mass is 249 g/mol. The van der Waals surface area contributed by atoms with E-state index in [0.29, 0.717) is 11.1 Å². The molecule has 0 radical (unpaired) electrons. The molecule has 1 heterocycles. The molecular weight excluding hydrogens is 234 g/mol. The Morgan fingerprint density at radius 1 is 1.18 bits per heavy atom. The van der Waals surface area contributed by atoms with E-state index < -0.39 is 0 Å². The van der Waals surface area contributed by atoms with E-state index in [2.05, 4.69) is 31.8 Å². The number of benzene rings is 1. The number of anilines is 1. The molecule has 0 saturated carbocycles. The number of nitrogens with two attached hydrogens (primary N) is 1. The summed E-state index contributed by atoms with van der Waals surface area (Å²) < 4.78 is 1.69. The SMILES string of the molecule is Cc1ccc(-c2nc(N)n(C)c2Cl)c(C)c1C. The van der Waals surface area contributed by atoms with Gasteiger partial charge in [-0.3, -0.25) is 0 Å². The standard InChI is InChI=1S/C13H16ClN3/c1-7-5-6-10(9(3)8(7)2)11-12(14)17(4)13(15)16-11/h5-6H,1-4H3,(H2,15,16). The highest BCUT2D eigenvalue weighted by atomic mass is 35.5. The van der Waals surface area contributed by atoms with Gasteiger partial charge >= 0.3 is 0 Å². The van der Waals surface area contributed by atoms with Gasteiger partial charge in [0.15, 0.2) is 0 Å². The number of imidazole rings is 1. The van der Waals surface area contributed by atoms with Crippen LogP contribution in [-0.4, -0.2) is 9.55 Å². The second-order valence-corrected chi connectivity index (χ2v) is 4.71. The molecule has 0 amide bonds. The van der Waals surface area contributed by atoms with Crippen molar-refractivity contribution in [3.05, 3.63) is 34.0 Å². The van der Waals surface area contributed by atoms with Crippen molar-refractivity contribution in [3.63, 3.8) is 0 Å². The van der Waals surface area contributed by atoms with Crippen LogP contribution in [0.3, 0.4) is 0 Å². The lowest BCUT2D eigenvalue weighted by Gasteiger charge is -2.09. The van der Waals surface area contributed by atoms with Crippen LogP contribution in [0.4, 0.5) is 5.95 Å². The first-order chi connectivity index (χ1) is 7.93. The van der Waals surface area contributed by atoms with Crippen molar-refractivity contribution in [3.8, 4) is 11.3 Å². The van der Waals surface area contributed by atoms with Gasteiger partial charge < -0.3 is 10.3 Å². The predicted octanol–water partition coefficient (Wildman–Crippen LogP) is 3.25. The van der Waals surface area contributed by atoms with Gasteiger partial charge in [-0.25, -0.2) is 4.98 Å². The first-order valence-electron chi connectivity index (χ1n) is 5.48. The molecule has 4 heteroatoms. The maximum Gasteiger partial charge on any atom is 0.201 e. The molecule has 90 valence electrons. The summed E-state index contributed by atoms with van der Waals surface area (Å²) >= 11 is 6.23. The van der Waals surface area contributed by atoms with Gasteiger partial charge in [0.25, 0.3) is 0 Å². The summed E-state index contributed by atoms with van der Waals surface area (Å²) in [5, 5.41) is 0.578. The molecule has 0 bridgehead atoms. The fourth-order valence-corrected chi connectivity index (χ4v) is 2.11. The Morgan fingerprint density at radius 3 is 2.35 bits per heavy atom. The van der Waals surface area contributed by atoms with E-state index in [9.17, 15) is 0 Å². The van der Waals surface area contributed by atoms with Gasteiger partial charge in [0.1, 0.15) is 10.8 Å². The molecule has 0 fully saturated rings. The third-order valence-corrected chi connectivity index (χ3v) is 3.81. The first-order valence-corrected chi connectivity index (χ1v) is 5.86. The van der Waals surface area contributed by atoms with Gasteiger partial charge in [-0.2, -0.15) is 0 Å². The third kappa shape index (κ3) is 1.80. The average molecular weight is 250 g/mol. The van der Waals surface area contributed by atoms with E-state index in [4.69, 9.17) is 17.3 Å². The molecule has 1 aromatic carbocycles. The van der Waals surface area contributed by atoms with Crippen LogP contribution in [0.15, 0.2) is 12.1 Å². The van der Waals surface area contributed by atoms with Crippen LogP contribution in [0.5, 0.6) is 0 Å². The number of aromatic nitrogens is 2. The van der Waals surface area contributed by atoms with Gasteiger partial charge in [0.2, 0.25) is 5.95 Å². The Labute approximate surface area is 106 Å². The quantitative estimate of drug-likeness (QED) is 0.843. The van der Waals surface area contributed by atoms with Crippen molar-refractivity contribution >= 4 is 17.5 Å². The summed E-state index contributed by atoms with van der Waals surface area (Å²) in [5.74, 6) is 0.433. The van der Waals surface area contributed by atoms with Crippen LogP contribution in [0.2, 0.25) is 5.15 Å². The Kier molecular flexibility index (Phi) is 2.87. The van der Waals surface area contributed by atoms with Crippen LogP contribution in [0, 0.1) is 20.8 Å². The average Bonchev–Trinajstić information content (AvgIpc) is 2.54.